The number of fused-ring (bicyclic) bond motifs is 1. The van der Waals surface area contributed by atoms with Crippen LogP contribution in [0.1, 0.15) is 11.5 Å². The van der Waals surface area contributed by atoms with E-state index in [9.17, 15) is 8.42 Å². The first-order valence-corrected chi connectivity index (χ1v) is 10.2. The second-order valence-electron chi connectivity index (χ2n) is 6.65. The van der Waals surface area contributed by atoms with Crippen LogP contribution in [-0.4, -0.2) is 33.6 Å². The predicted octanol–water partition coefficient (Wildman–Crippen LogP) is 1.91. The molecule has 2 aliphatic rings. The molecule has 0 saturated heterocycles. The number of ether oxygens (including phenoxy) is 2. The smallest absolute Gasteiger partial charge is 0.231 e. The average molecular weight is 395 g/mol. The van der Waals surface area contributed by atoms with E-state index in [0.29, 0.717) is 16.5 Å². The van der Waals surface area contributed by atoms with Crippen molar-refractivity contribution in [3.63, 3.8) is 0 Å². The van der Waals surface area contributed by atoms with E-state index in [1.54, 1.807) is 18.2 Å². The normalized spacial score (nSPS) is 23.0. The molecule has 1 heterocycles. The van der Waals surface area contributed by atoms with E-state index in [-0.39, 0.29) is 30.7 Å². The first-order valence-electron chi connectivity index (χ1n) is 8.23. The maximum atomic E-state index is 13.2. The van der Waals surface area contributed by atoms with Crippen molar-refractivity contribution in [3.05, 3.63) is 53.1 Å². The number of hydrogen-bond acceptors (Lipinski definition) is 6. The van der Waals surface area contributed by atoms with Crippen LogP contribution >= 0.6 is 11.6 Å². The SMILES string of the molecule is NCC1(CN)C(c2ccc3c(c2)OCO3)C1S(=O)(=O)c1ccc(Cl)cc1. The van der Waals surface area contributed by atoms with E-state index >= 15 is 0 Å². The maximum Gasteiger partial charge on any atom is 0.231 e. The minimum absolute atomic E-state index is 0.162. The molecule has 4 rings (SSSR count). The van der Waals surface area contributed by atoms with Crippen LogP contribution in [0.15, 0.2) is 47.4 Å². The Kier molecular flexibility index (Phi) is 4.15. The molecule has 1 aliphatic carbocycles. The molecule has 1 fully saturated rings. The minimum Gasteiger partial charge on any atom is -0.454 e. The zero-order valence-corrected chi connectivity index (χ0v) is 15.5. The van der Waals surface area contributed by atoms with Gasteiger partial charge in [0.1, 0.15) is 0 Å². The number of nitrogens with two attached hydrogens (primary N) is 2. The van der Waals surface area contributed by atoms with E-state index in [1.165, 1.54) is 12.1 Å². The third kappa shape index (κ3) is 2.50. The monoisotopic (exact) mass is 394 g/mol. The van der Waals surface area contributed by atoms with Gasteiger partial charge in [-0.1, -0.05) is 17.7 Å². The number of rotatable bonds is 5. The lowest BCUT2D eigenvalue weighted by molar-refractivity contribution is 0.174. The maximum absolute atomic E-state index is 13.2. The van der Waals surface area contributed by atoms with E-state index in [4.69, 9.17) is 32.5 Å². The Balaban J connectivity index is 1.76. The number of halogens is 1. The Bertz CT molecular complexity index is 942. The summed E-state index contributed by atoms with van der Waals surface area (Å²) in [6, 6.07) is 11.6. The van der Waals surface area contributed by atoms with Gasteiger partial charge in [-0.25, -0.2) is 8.42 Å². The van der Waals surface area contributed by atoms with Crippen LogP contribution in [0, 0.1) is 5.41 Å². The summed E-state index contributed by atoms with van der Waals surface area (Å²) >= 11 is 5.89. The summed E-state index contributed by atoms with van der Waals surface area (Å²) in [6.07, 6.45) is 0. The average Bonchev–Trinajstić information content (AvgIpc) is 3.12. The third-order valence-electron chi connectivity index (χ3n) is 5.37. The molecule has 2 aromatic carbocycles. The van der Waals surface area contributed by atoms with Crippen molar-refractivity contribution in [3.8, 4) is 11.5 Å². The van der Waals surface area contributed by atoms with Crippen LogP contribution < -0.4 is 20.9 Å². The molecule has 0 amide bonds. The quantitative estimate of drug-likeness (QED) is 0.802. The predicted molar refractivity (Wildman–Crippen MR) is 98.3 cm³/mol. The Morgan fingerprint density at radius 1 is 1.04 bits per heavy atom. The van der Waals surface area contributed by atoms with Crippen molar-refractivity contribution in [1.82, 2.24) is 0 Å². The molecule has 1 aliphatic heterocycles. The highest BCUT2D eigenvalue weighted by atomic mass is 35.5. The highest BCUT2D eigenvalue weighted by molar-refractivity contribution is 7.92. The summed E-state index contributed by atoms with van der Waals surface area (Å²) in [5.74, 6) is 0.963. The van der Waals surface area contributed by atoms with Crippen molar-refractivity contribution in [1.29, 1.82) is 0 Å². The van der Waals surface area contributed by atoms with E-state index in [2.05, 4.69) is 0 Å². The fraction of sp³-hybridized carbons (Fsp3) is 0.333. The summed E-state index contributed by atoms with van der Waals surface area (Å²) < 4.78 is 37.2. The van der Waals surface area contributed by atoms with Gasteiger partial charge < -0.3 is 20.9 Å². The Morgan fingerprint density at radius 2 is 1.69 bits per heavy atom. The standard InChI is InChI=1S/C18H19ClN2O4S/c19-12-2-4-13(5-3-12)26(22,23)17-16(18(17,8-20)9-21)11-1-6-14-15(7-11)25-10-24-14/h1-7,16-17H,8-10,20-21H2. The molecule has 0 spiro atoms. The van der Waals surface area contributed by atoms with Crippen molar-refractivity contribution in [2.45, 2.75) is 16.1 Å². The molecule has 0 radical (unpaired) electrons. The molecule has 8 heteroatoms. The van der Waals surface area contributed by atoms with Gasteiger partial charge in [0.15, 0.2) is 21.3 Å². The van der Waals surface area contributed by atoms with Gasteiger partial charge in [0.25, 0.3) is 0 Å². The lowest BCUT2D eigenvalue weighted by Gasteiger charge is -2.13. The Morgan fingerprint density at radius 3 is 2.35 bits per heavy atom. The molecular formula is C18H19ClN2O4S. The van der Waals surface area contributed by atoms with Crippen molar-refractivity contribution < 1.29 is 17.9 Å². The summed E-state index contributed by atoms with van der Waals surface area (Å²) in [5, 5.41) is -0.206. The van der Waals surface area contributed by atoms with Gasteiger partial charge in [-0.2, -0.15) is 0 Å². The number of sulfone groups is 1. The number of benzene rings is 2. The van der Waals surface area contributed by atoms with E-state index in [0.717, 1.165) is 5.56 Å². The summed E-state index contributed by atoms with van der Waals surface area (Å²) in [5.41, 5.74) is 12.1. The molecule has 2 unspecified atom stereocenters. The molecular weight excluding hydrogens is 376 g/mol. The fourth-order valence-electron chi connectivity index (χ4n) is 3.90. The molecule has 2 atom stereocenters. The summed E-state index contributed by atoms with van der Waals surface area (Å²) in [6.45, 7) is 0.523. The lowest BCUT2D eigenvalue weighted by Crippen LogP contribution is -2.31. The molecule has 26 heavy (non-hydrogen) atoms. The van der Waals surface area contributed by atoms with Crippen LogP contribution in [0.2, 0.25) is 5.02 Å². The molecule has 4 N–H and O–H groups in total. The second kappa shape index (κ2) is 6.13. The van der Waals surface area contributed by atoms with Gasteiger partial charge in [-0.05, 0) is 42.0 Å². The van der Waals surface area contributed by atoms with Gasteiger partial charge in [0.2, 0.25) is 6.79 Å². The fourth-order valence-corrected chi connectivity index (χ4v) is 6.49. The highest BCUT2D eigenvalue weighted by Gasteiger charge is 2.69. The summed E-state index contributed by atoms with van der Waals surface area (Å²) in [4.78, 5) is 0.224. The highest BCUT2D eigenvalue weighted by Crippen LogP contribution is 2.63. The molecule has 0 bridgehead atoms. The molecule has 0 aromatic heterocycles. The van der Waals surface area contributed by atoms with E-state index in [1.807, 2.05) is 12.1 Å². The van der Waals surface area contributed by atoms with Crippen molar-refractivity contribution >= 4 is 21.4 Å². The molecule has 138 valence electrons. The van der Waals surface area contributed by atoms with Gasteiger partial charge >= 0.3 is 0 Å². The lowest BCUT2D eigenvalue weighted by atomic mass is 9.99. The van der Waals surface area contributed by atoms with Gasteiger partial charge in [-0.15, -0.1) is 0 Å². The van der Waals surface area contributed by atoms with Crippen LogP contribution in [0.3, 0.4) is 0 Å². The number of hydrogen-bond donors (Lipinski definition) is 2. The van der Waals surface area contributed by atoms with Crippen LogP contribution in [0.5, 0.6) is 11.5 Å². The molecule has 6 nitrogen and oxygen atoms in total. The molecule has 1 saturated carbocycles. The molecule has 2 aromatic rings. The minimum atomic E-state index is -3.62. The van der Waals surface area contributed by atoms with E-state index < -0.39 is 20.5 Å². The second-order valence-corrected chi connectivity index (χ2v) is 9.16. The third-order valence-corrected chi connectivity index (χ3v) is 7.96. The van der Waals surface area contributed by atoms with Gasteiger partial charge in [-0.3, -0.25) is 0 Å². The summed E-state index contributed by atoms with van der Waals surface area (Å²) in [7, 11) is -3.62. The van der Waals surface area contributed by atoms with Crippen LogP contribution in [0.25, 0.3) is 0 Å². The van der Waals surface area contributed by atoms with Gasteiger partial charge in [0, 0.05) is 29.4 Å². The first-order chi connectivity index (χ1) is 12.4. The van der Waals surface area contributed by atoms with Crippen molar-refractivity contribution in [2.75, 3.05) is 19.9 Å². The Labute approximate surface area is 157 Å². The topological polar surface area (TPSA) is 105 Å². The van der Waals surface area contributed by atoms with Gasteiger partial charge in [0.05, 0.1) is 10.1 Å². The van der Waals surface area contributed by atoms with Crippen LogP contribution in [-0.2, 0) is 9.84 Å². The van der Waals surface area contributed by atoms with Crippen molar-refractivity contribution in [2.24, 2.45) is 16.9 Å². The first kappa shape index (κ1) is 17.6. The Hall–Kier alpha value is -1.80. The van der Waals surface area contributed by atoms with Crippen LogP contribution in [0.4, 0.5) is 0 Å². The zero-order valence-electron chi connectivity index (χ0n) is 13.9. The zero-order chi connectivity index (χ0) is 18.5. The largest absolute Gasteiger partial charge is 0.454 e.